The smallest absolute Gasteiger partial charge is 0.379 e. The predicted molar refractivity (Wildman–Crippen MR) is 144 cm³/mol. The molecule has 16 heteroatoms. The van der Waals surface area contributed by atoms with Crippen LogP contribution in [0.2, 0.25) is 0 Å². The maximum Gasteiger partial charge on any atom is 0.379 e. The van der Waals surface area contributed by atoms with E-state index in [9.17, 15) is 33.6 Å². The van der Waals surface area contributed by atoms with Crippen LogP contribution in [0.5, 0.6) is 11.5 Å². The fraction of sp³-hybridized carbons (Fsp3) is 0.536. The Hall–Kier alpha value is -4.73. The first-order chi connectivity index (χ1) is 20.7. The Morgan fingerprint density at radius 1 is 0.955 bits per heavy atom. The maximum atomic E-state index is 13.5. The minimum absolute atomic E-state index is 0.00441. The molecule has 1 fully saturated rings. The molecule has 1 aromatic rings. The molecule has 242 valence electrons. The number of hydrogen-bond acceptors (Lipinski definition) is 15. The first-order valence-electron chi connectivity index (χ1n) is 13.2. The number of rotatable bonds is 13. The van der Waals surface area contributed by atoms with Gasteiger partial charge >= 0.3 is 35.6 Å². The molecule has 6 atom stereocenters. The quantitative estimate of drug-likeness (QED) is 0.179. The van der Waals surface area contributed by atoms with E-state index in [0.29, 0.717) is 6.29 Å². The van der Waals surface area contributed by atoms with Gasteiger partial charge in [0, 0.05) is 40.2 Å². The van der Waals surface area contributed by atoms with Gasteiger partial charge in [0.25, 0.3) is 0 Å². The summed E-state index contributed by atoms with van der Waals surface area (Å²) in [5.74, 6) is -7.84. The molecule has 0 radical (unpaired) electrons. The van der Waals surface area contributed by atoms with E-state index < -0.39 is 85.0 Å². The molecule has 1 N–H and O–H groups in total. The van der Waals surface area contributed by atoms with Crippen molar-refractivity contribution in [2.45, 2.75) is 77.3 Å². The number of carbonyl (C=O) groups excluding carboxylic acids is 7. The molecule has 0 unspecified atom stereocenters. The predicted octanol–water partition coefficient (Wildman–Crippen LogP) is 0.408. The fourth-order valence-corrected chi connectivity index (χ4v) is 4.52. The van der Waals surface area contributed by atoms with E-state index in [1.165, 1.54) is 25.3 Å². The number of amides is 1. The summed E-state index contributed by atoms with van der Waals surface area (Å²) in [6, 6.07) is 2.61. The van der Waals surface area contributed by atoms with Crippen molar-refractivity contribution in [3.8, 4) is 11.5 Å². The third-order valence-corrected chi connectivity index (χ3v) is 6.09. The van der Waals surface area contributed by atoms with Crippen LogP contribution in [0.1, 0.15) is 51.4 Å². The van der Waals surface area contributed by atoms with Crippen molar-refractivity contribution in [3.63, 3.8) is 0 Å². The van der Waals surface area contributed by atoms with Crippen molar-refractivity contribution < 1.29 is 71.5 Å². The van der Waals surface area contributed by atoms with E-state index in [1.54, 1.807) is 0 Å². The van der Waals surface area contributed by atoms with Crippen molar-refractivity contribution in [3.05, 3.63) is 23.8 Å². The number of ether oxygens (including phenoxy) is 8. The molecule has 0 saturated carbocycles. The second-order valence-corrected chi connectivity index (χ2v) is 9.56. The second-order valence-electron chi connectivity index (χ2n) is 9.56. The lowest BCUT2D eigenvalue weighted by Gasteiger charge is -2.48. The molecule has 1 aromatic carbocycles. The van der Waals surface area contributed by atoms with Gasteiger partial charge in [-0.15, -0.1) is 0 Å². The van der Waals surface area contributed by atoms with Gasteiger partial charge in [0.05, 0.1) is 26.7 Å². The first-order valence-corrected chi connectivity index (χ1v) is 13.2. The van der Waals surface area contributed by atoms with Gasteiger partial charge in [0.15, 0.2) is 23.7 Å². The Morgan fingerprint density at radius 3 is 2.11 bits per heavy atom. The molecule has 0 bridgehead atoms. The summed E-state index contributed by atoms with van der Waals surface area (Å²) in [7, 11) is 2.29. The van der Waals surface area contributed by atoms with Gasteiger partial charge in [-0.1, -0.05) is 0 Å². The lowest BCUT2D eigenvalue weighted by atomic mass is 9.88. The number of carbonyl (C=O) groups is 7. The minimum atomic E-state index is -2.49. The van der Waals surface area contributed by atoms with Gasteiger partial charge in [-0.3, -0.25) is 28.8 Å². The molecule has 0 aliphatic carbocycles. The van der Waals surface area contributed by atoms with Gasteiger partial charge in [-0.25, -0.2) is 4.79 Å². The zero-order chi connectivity index (χ0) is 33.2. The standard InChI is InChI=1S/C28H35NO15/c1-14(31)29-24-22(40-16(3)33)11-28(27(36)38-7,43-20-9-8-19(12-30)10-21(20)37-6)44-26(24)25(42-18(5)35)23(41-17(4)34)13-39-15(2)32/h8-10,12,22-26H,11,13H2,1-7H3,(H,29,31)/t22-,23+,24+,25+,26+,28+/m0/s1. The van der Waals surface area contributed by atoms with Crippen LogP contribution in [0.4, 0.5) is 0 Å². The molecule has 44 heavy (non-hydrogen) atoms. The average Bonchev–Trinajstić information content (AvgIpc) is 2.94. The van der Waals surface area contributed by atoms with Gasteiger partial charge in [0.1, 0.15) is 25.1 Å². The normalized spacial score (nSPS) is 22.2. The van der Waals surface area contributed by atoms with Crippen LogP contribution >= 0.6 is 0 Å². The zero-order valence-electron chi connectivity index (χ0n) is 25.2. The highest BCUT2D eigenvalue weighted by Crippen LogP contribution is 2.40. The summed E-state index contributed by atoms with van der Waals surface area (Å²) in [4.78, 5) is 85.4. The number of benzene rings is 1. The Kier molecular flexibility index (Phi) is 12.6. The minimum Gasteiger partial charge on any atom is -0.493 e. The van der Waals surface area contributed by atoms with Crippen LogP contribution < -0.4 is 14.8 Å². The van der Waals surface area contributed by atoms with E-state index in [0.717, 1.165) is 41.7 Å². The zero-order valence-corrected chi connectivity index (χ0v) is 25.2. The molecule has 1 aliphatic rings. The molecule has 1 amide bonds. The van der Waals surface area contributed by atoms with Gasteiger partial charge in [0.2, 0.25) is 5.91 Å². The third kappa shape index (κ3) is 9.39. The highest BCUT2D eigenvalue weighted by Gasteiger charge is 2.60. The molecule has 2 rings (SSSR count). The van der Waals surface area contributed by atoms with E-state index in [2.05, 4.69) is 5.32 Å². The summed E-state index contributed by atoms with van der Waals surface area (Å²) in [6.45, 7) is 4.71. The molecule has 1 saturated heterocycles. The van der Waals surface area contributed by atoms with Crippen LogP contribution in [0.15, 0.2) is 18.2 Å². The van der Waals surface area contributed by atoms with Crippen LogP contribution in [-0.4, -0.2) is 99.1 Å². The Labute approximate surface area is 252 Å². The monoisotopic (exact) mass is 625 g/mol. The average molecular weight is 626 g/mol. The van der Waals surface area contributed by atoms with Crippen LogP contribution in [-0.2, 0) is 57.2 Å². The van der Waals surface area contributed by atoms with Crippen LogP contribution in [0.3, 0.4) is 0 Å². The fourth-order valence-electron chi connectivity index (χ4n) is 4.52. The highest BCUT2D eigenvalue weighted by atomic mass is 16.7. The van der Waals surface area contributed by atoms with E-state index in [-0.39, 0.29) is 17.1 Å². The molecule has 0 aromatic heterocycles. The summed E-state index contributed by atoms with van der Waals surface area (Å²) in [5, 5.41) is 2.56. The van der Waals surface area contributed by atoms with Crippen molar-refractivity contribution in [1.29, 1.82) is 0 Å². The lowest BCUT2D eigenvalue weighted by Crippen LogP contribution is -2.70. The van der Waals surface area contributed by atoms with Gasteiger partial charge in [-0.2, -0.15) is 0 Å². The SMILES string of the molecule is COC(=O)[C@@]1(Oc2ccc(C=O)cc2OC)C[C@H](OC(C)=O)[C@@H](NC(C)=O)[C@H]([C@H](OC(C)=O)[C@@H](COC(C)=O)OC(C)=O)O1. The molecule has 1 heterocycles. The summed E-state index contributed by atoms with van der Waals surface area (Å²) < 4.78 is 43.9. The number of methoxy groups -OCH3 is 2. The number of aldehydes is 1. The third-order valence-electron chi connectivity index (χ3n) is 6.09. The van der Waals surface area contributed by atoms with Crippen LogP contribution in [0, 0.1) is 0 Å². The Bertz CT molecular complexity index is 1260. The van der Waals surface area contributed by atoms with Gasteiger partial charge in [-0.05, 0) is 18.2 Å². The first kappa shape index (κ1) is 35.5. The number of hydrogen-bond donors (Lipinski definition) is 1. The topological polar surface area (TPSA) is 205 Å². The van der Waals surface area contributed by atoms with E-state index in [1.807, 2.05) is 0 Å². The number of esters is 5. The molecule has 16 nitrogen and oxygen atoms in total. The van der Waals surface area contributed by atoms with E-state index in [4.69, 9.17) is 37.9 Å². The maximum absolute atomic E-state index is 13.5. The van der Waals surface area contributed by atoms with Crippen molar-refractivity contribution in [2.24, 2.45) is 0 Å². The Morgan fingerprint density at radius 2 is 1.61 bits per heavy atom. The van der Waals surface area contributed by atoms with Gasteiger partial charge < -0.3 is 43.2 Å². The van der Waals surface area contributed by atoms with Crippen molar-refractivity contribution >= 4 is 42.0 Å². The Balaban J connectivity index is 2.85. The lowest BCUT2D eigenvalue weighted by molar-refractivity contribution is -0.289. The number of nitrogens with one attached hydrogen (secondary N) is 1. The van der Waals surface area contributed by atoms with Crippen molar-refractivity contribution in [2.75, 3.05) is 20.8 Å². The summed E-state index contributed by atoms with van der Waals surface area (Å²) in [5.41, 5.74) is 0.205. The molecule has 0 spiro atoms. The van der Waals surface area contributed by atoms with Crippen LogP contribution in [0.25, 0.3) is 0 Å². The largest absolute Gasteiger partial charge is 0.493 e. The molecular formula is C28H35NO15. The highest BCUT2D eigenvalue weighted by molar-refractivity contribution is 5.80. The second kappa shape index (κ2) is 15.7. The molecule has 1 aliphatic heterocycles. The molecular weight excluding hydrogens is 590 g/mol. The van der Waals surface area contributed by atoms with E-state index >= 15 is 0 Å². The summed E-state index contributed by atoms with van der Waals surface area (Å²) in [6.07, 6.45) is -6.42. The summed E-state index contributed by atoms with van der Waals surface area (Å²) >= 11 is 0. The van der Waals surface area contributed by atoms with Crippen molar-refractivity contribution in [1.82, 2.24) is 5.32 Å².